The lowest BCUT2D eigenvalue weighted by molar-refractivity contribution is 0.419. The van der Waals surface area contributed by atoms with Gasteiger partial charge in [0.2, 0.25) is 0 Å². The minimum atomic E-state index is 0.486. The first-order chi connectivity index (χ1) is 6.77. The van der Waals surface area contributed by atoms with Gasteiger partial charge in [-0.3, -0.25) is 0 Å². The topological polar surface area (TPSA) is 59.0 Å². The van der Waals surface area contributed by atoms with Crippen molar-refractivity contribution in [1.29, 1.82) is 5.26 Å². The highest BCUT2D eigenvalue weighted by Gasteiger charge is 2.11. The lowest BCUT2D eigenvalue weighted by atomic mass is 10.1. The molecule has 1 aromatic heterocycles. The number of thiophene rings is 1. The first-order valence-electron chi connectivity index (χ1n) is 4.01. The van der Waals surface area contributed by atoms with Crippen molar-refractivity contribution in [3.05, 3.63) is 23.1 Å². The van der Waals surface area contributed by atoms with Gasteiger partial charge < -0.3 is 10.5 Å². The monoisotopic (exact) mass is 204 g/mol. The van der Waals surface area contributed by atoms with Gasteiger partial charge >= 0.3 is 0 Å². The lowest BCUT2D eigenvalue weighted by Crippen LogP contribution is -1.92. The van der Waals surface area contributed by atoms with Crippen LogP contribution in [0, 0.1) is 11.3 Å². The summed E-state index contributed by atoms with van der Waals surface area (Å²) in [5.41, 5.74) is 6.91. The second-order valence-electron chi connectivity index (χ2n) is 2.82. The number of nitriles is 1. The largest absolute Gasteiger partial charge is 0.494 e. The van der Waals surface area contributed by atoms with Crippen LogP contribution in [0.15, 0.2) is 17.5 Å². The number of nitrogens with zero attached hydrogens (tertiary/aromatic N) is 1. The summed E-state index contributed by atoms with van der Waals surface area (Å²) in [6, 6.07) is 5.65. The van der Waals surface area contributed by atoms with Crippen molar-refractivity contribution >= 4 is 27.1 Å². The van der Waals surface area contributed by atoms with Crippen molar-refractivity contribution in [2.24, 2.45) is 0 Å². The molecule has 0 bridgehead atoms. The zero-order chi connectivity index (χ0) is 10.1. The summed E-state index contributed by atoms with van der Waals surface area (Å²) in [5.74, 6) is 0.617. The van der Waals surface area contributed by atoms with E-state index in [0.29, 0.717) is 17.0 Å². The molecule has 3 nitrogen and oxygen atoms in total. The smallest absolute Gasteiger partial charge is 0.154 e. The normalized spacial score (nSPS) is 10.0. The second kappa shape index (κ2) is 3.20. The summed E-state index contributed by atoms with van der Waals surface area (Å²) in [5, 5.41) is 11.8. The quantitative estimate of drug-likeness (QED) is 0.725. The first kappa shape index (κ1) is 8.85. The SMILES string of the molecule is COc1c(C#N)cc(N)c2ccsc12. The molecule has 0 amide bonds. The van der Waals surface area contributed by atoms with Gasteiger partial charge in [-0.15, -0.1) is 11.3 Å². The molecule has 0 aliphatic rings. The van der Waals surface area contributed by atoms with Gasteiger partial charge in [0, 0.05) is 11.1 Å². The number of nitrogens with two attached hydrogens (primary N) is 1. The van der Waals surface area contributed by atoms with Gasteiger partial charge in [0.15, 0.2) is 5.75 Å². The second-order valence-corrected chi connectivity index (χ2v) is 3.74. The number of fused-ring (bicyclic) bond motifs is 1. The van der Waals surface area contributed by atoms with Gasteiger partial charge in [-0.2, -0.15) is 5.26 Å². The fraction of sp³-hybridized carbons (Fsp3) is 0.100. The maximum atomic E-state index is 8.89. The molecule has 2 rings (SSSR count). The molecule has 0 radical (unpaired) electrons. The number of anilines is 1. The summed E-state index contributed by atoms with van der Waals surface area (Å²) in [6.45, 7) is 0. The molecule has 14 heavy (non-hydrogen) atoms. The van der Waals surface area contributed by atoms with Crippen molar-refractivity contribution in [2.75, 3.05) is 12.8 Å². The van der Waals surface area contributed by atoms with Crippen LogP contribution >= 0.6 is 11.3 Å². The van der Waals surface area contributed by atoms with E-state index in [2.05, 4.69) is 6.07 Å². The maximum Gasteiger partial charge on any atom is 0.154 e. The van der Waals surface area contributed by atoms with Crippen molar-refractivity contribution in [3.63, 3.8) is 0 Å². The zero-order valence-corrected chi connectivity index (χ0v) is 8.39. The molecule has 2 N–H and O–H groups in total. The summed E-state index contributed by atoms with van der Waals surface area (Å²) in [7, 11) is 1.56. The summed E-state index contributed by atoms with van der Waals surface area (Å²) >= 11 is 1.53. The van der Waals surface area contributed by atoms with Crippen molar-refractivity contribution in [2.45, 2.75) is 0 Å². The maximum absolute atomic E-state index is 8.89. The Morgan fingerprint density at radius 3 is 3.00 bits per heavy atom. The number of benzene rings is 1. The molecule has 1 heterocycles. The van der Waals surface area contributed by atoms with Crippen LogP contribution in [0.2, 0.25) is 0 Å². The van der Waals surface area contributed by atoms with E-state index in [0.717, 1.165) is 10.1 Å². The Balaban J connectivity index is 2.90. The van der Waals surface area contributed by atoms with Gasteiger partial charge in [-0.1, -0.05) is 0 Å². The zero-order valence-electron chi connectivity index (χ0n) is 7.57. The molecule has 0 aliphatic carbocycles. The Morgan fingerprint density at radius 2 is 2.36 bits per heavy atom. The van der Waals surface area contributed by atoms with E-state index in [9.17, 15) is 0 Å². The number of hydrogen-bond acceptors (Lipinski definition) is 4. The van der Waals surface area contributed by atoms with Crippen LogP contribution in [0.25, 0.3) is 10.1 Å². The predicted molar refractivity (Wildman–Crippen MR) is 57.5 cm³/mol. The molecule has 70 valence electrons. The fourth-order valence-corrected chi connectivity index (χ4v) is 2.37. The fourth-order valence-electron chi connectivity index (χ4n) is 1.42. The van der Waals surface area contributed by atoms with E-state index in [1.807, 2.05) is 11.4 Å². The standard InChI is InChI=1S/C10H8N2OS/c1-13-9-6(5-11)4-8(12)7-2-3-14-10(7)9/h2-4H,12H2,1H3. The third-order valence-corrected chi connectivity index (χ3v) is 2.96. The van der Waals surface area contributed by atoms with E-state index in [1.165, 1.54) is 11.3 Å². The lowest BCUT2D eigenvalue weighted by Gasteiger charge is -2.05. The van der Waals surface area contributed by atoms with Crippen molar-refractivity contribution < 1.29 is 4.74 Å². The average molecular weight is 204 g/mol. The van der Waals surface area contributed by atoms with E-state index in [1.54, 1.807) is 13.2 Å². The van der Waals surface area contributed by atoms with Crippen molar-refractivity contribution in [1.82, 2.24) is 0 Å². The molecular weight excluding hydrogens is 196 g/mol. The van der Waals surface area contributed by atoms with Crippen LogP contribution in [-0.4, -0.2) is 7.11 Å². The number of rotatable bonds is 1. The number of hydrogen-bond donors (Lipinski definition) is 1. The molecule has 0 aliphatic heterocycles. The molecule has 0 saturated heterocycles. The highest BCUT2D eigenvalue weighted by atomic mass is 32.1. The Kier molecular flexibility index (Phi) is 2.02. The Labute approximate surface area is 85.3 Å². The highest BCUT2D eigenvalue weighted by Crippen LogP contribution is 2.37. The number of nitrogen functional groups attached to an aromatic ring is 1. The van der Waals surface area contributed by atoms with E-state index in [4.69, 9.17) is 15.7 Å². The summed E-state index contributed by atoms with van der Waals surface area (Å²) in [6.07, 6.45) is 0. The minimum absolute atomic E-state index is 0.486. The van der Waals surface area contributed by atoms with Crippen LogP contribution in [0.3, 0.4) is 0 Å². The van der Waals surface area contributed by atoms with E-state index < -0.39 is 0 Å². The summed E-state index contributed by atoms with van der Waals surface area (Å²) < 4.78 is 6.13. The van der Waals surface area contributed by atoms with Crippen LogP contribution < -0.4 is 10.5 Å². The Morgan fingerprint density at radius 1 is 1.57 bits per heavy atom. The molecule has 4 heteroatoms. The van der Waals surface area contributed by atoms with Crippen LogP contribution in [0.5, 0.6) is 5.75 Å². The third-order valence-electron chi connectivity index (χ3n) is 2.05. The predicted octanol–water partition coefficient (Wildman–Crippen LogP) is 2.36. The van der Waals surface area contributed by atoms with Crippen LogP contribution in [0.4, 0.5) is 5.69 Å². The number of methoxy groups -OCH3 is 1. The highest BCUT2D eigenvalue weighted by molar-refractivity contribution is 7.17. The molecule has 0 atom stereocenters. The molecule has 0 saturated carbocycles. The van der Waals surface area contributed by atoms with Gasteiger partial charge in [0.25, 0.3) is 0 Å². The van der Waals surface area contributed by atoms with Gasteiger partial charge in [-0.25, -0.2) is 0 Å². The number of ether oxygens (including phenoxy) is 1. The van der Waals surface area contributed by atoms with Crippen molar-refractivity contribution in [3.8, 4) is 11.8 Å². The Bertz CT molecular complexity index is 525. The third kappa shape index (κ3) is 1.10. The minimum Gasteiger partial charge on any atom is -0.494 e. The molecule has 0 unspecified atom stereocenters. The van der Waals surface area contributed by atoms with E-state index >= 15 is 0 Å². The Hall–Kier alpha value is -1.73. The van der Waals surface area contributed by atoms with E-state index in [-0.39, 0.29) is 0 Å². The molecule has 1 aromatic carbocycles. The van der Waals surface area contributed by atoms with Crippen LogP contribution in [0.1, 0.15) is 5.56 Å². The van der Waals surface area contributed by atoms with Gasteiger partial charge in [0.05, 0.1) is 17.4 Å². The van der Waals surface area contributed by atoms with Gasteiger partial charge in [0.1, 0.15) is 6.07 Å². The molecule has 0 spiro atoms. The molecular formula is C10H8N2OS. The van der Waals surface area contributed by atoms with Crippen LogP contribution in [-0.2, 0) is 0 Å². The first-order valence-corrected chi connectivity index (χ1v) is 4.89. The average Bonchev–Trinajstić information content (AvgIpc) is 2.66. The molecule has 2 aromatic rings. The summed E-state index contributed by atoms with van der Waals surface area (Å²) in [4.78, 5) is 0. The molecule has 0 fully saturated rings. The van der Waals surface area contributed by atoms with Gasteiger partial charge in [-0.05, 0) is 17.5 Å².